The topological polar surface area (TPSA) is 74.2 Å². The molecule has 0 unspecified atom stereocenters. The van der Waals surface area contributed by atoms with Crippen LogP contribution in [0.25, 0.3) is 5.88 Å². The molecule has 1 aliphatic heterocycles. The van der Waals surface area contributed by atoms with Gasteiger partial charge in [0, 0.05) is 25.5 Å². The van der Waals surface area contributed by atoms with Crippen molar-refractivity contribution < 1.29 is 9.21 Å². The van der Waals surface area contributed by atoms with Gasteiger partial charge in [-0.3, -0.25) is 9.36 Å². The summed E-state index contributed by atoms with van der Waals surface area (Å²) in [6.07, 6.45) is 7.33. The number of furan rings is 1. The smallest absolute Gasteiger partial charge is 0.256 e. The Bertz CT molecular complexity index is 734. The number of carbonyl (C=O) groups excluding carboxylic acids is 1. The highest BCUT2D eigenvalue weighted by Gasteiger charge is 2.24. The number of nitrogens with zero attached hydrogens (tertiary/aromatic N) is 3. The zero-order valence-electron chi connectivity index (χ0n) is 13.9. The summed E-state index contributed by atoms with van der Waals surface area (Å²) in [5.41, 5.74) is 0.610. The fourth-order valence-electron chi connectivity index (χ4n) is 3.16. The predicted octanol–water partition coefficient (Wildman–Crippen LogP) is 2.47. The fraction of sp³-hybridized carbons (Fsp3) is 0.444. The van der Waals surface area contributed by atoms with Crippen molar-refractivity contribution in [2.45, 2.75) is 26.2 Å². The highest BCUT2D eigenvalue weighted by atomic mass is 16.4. The Kier molecular flexibility index (Phi) is 5.02. The van der Waals surface area contributed by atoms with Crippen LogP contribution in [-0.4, -0.2) is 41.6 Å². The van der Waals surface area contributed by atoms with E-state index < -0.39 is 0 Å². The molecule has 1 fully saturated rings. The van der Waals surface area contributed by atoms with Gasteiger partial charge in [-0.15, -0.1) is 0 Å². The van der Waals surface area contributed by atoms with Crippen molar-refractivity contribution in [3.8, 4) is 12.0 Å². The summed E-state index contributed by atoms with van der Waals surface area (Å²) in [5.74, 6) is 0.607. The van der Waals surface area contributed by atoms with E-state index >= 15 is 0 Å². The zero-order valence-corrected chi connectivity index (χ0v) is 13.9. The van der Waals surface area contributed by atoms with E-state index in [0.29, 0.717) is 23.8 Å². The predicted molar refractivity (Wildman–Crippen MR) is 90.1 cm³/mol. The number of aryl methyl sites for hydroxylation is 1. The van der Waals surface area contributed by atoms with Gasteiger partial charge in [-0.25, -0.2) is 0 Å². The molecule has 0 spiro atoms. The molecule has 1 N–H and O–H groups in total. The molecule has 2 aromatic rings. The minimum absolute atomic E-state index is 0.247. The summed E-state index contributed by atoms with van der Waals surface area (Å²) in [6, 6.07) is 5.80. The quantitative estimate of drug-likeness (QED) is 0.916. The van der Waals surface area contributed by atoms with Crippen LogP contribution in [0.5, 0.6) is 0 Å². The van der Waals surface area contributed by atoms with Gasteiger partial charge < -0.3 is 14.6 Å². The van der Waals surface area contributed by atoms with Gasteiger partial charge in [0.05, 0.1) is 0 Å². The lowest BCUT2D eigenvalue weighted by Crippen LogP contribution is -2.37. The number of aromatic nitrogens is 1. The summed E-state index contributed by atoms with van der Waals surface area (Å²) in [6.45, 7) is 5.33. The van der Waals surface area contributed by atoms with Crippen LogP contribution in [0.1, 0.15) is 40.9 Å². The molecule has 0 atom stereocenters. The van der Waals surface area contributed by atoms with Crippen molar-refractivity contribution in [1.82, 2.24) is 14.8 Å². The van der Waals surface area contributed by atoms with E-state index in [-0.39, 0.29) is 11.5 Å². The lowest BCUT2D eigenvalue weighted by Gasteiger charge is -2.26. The Balaban J connectivity index is 1.69. The minimum atomic E-state index is -0.247. The van der Waals surface area contributed by atoms with Crippen molar-refractivity contribution in [2.24, 2.45) is 0 Å². The second kappa shape index (κ2) is 7.37. The van der Waals surface area contributed by atoms with Gasteiger partial charge in [-0.2, -0.15) is 5.26 Å². The van der Waals surface area contributed by atoms with E-state index in [1.54, 1.807) is 23.9 Å². The van der Waals surface area contributed by atoms with Crippen molar-refractivity contribution in [1.29, 1.82) is 5.26 Å². The molecule has 3 heterocycles. The lowest BCUT2D eigenvalue weighted by atomic mass is 10.1. The van der Waals surface area contributed by atoms with Crippen LogP contribution in [0.15, 0.2) is 28.9 Å². The van der Waals surface area contributed by atoms with Gasteiger partial charge in [0.1, 0.15) is 23.0 Å². The molecule has 2 aromatic heterocycles. The highest BCUT2D eigenvalue weighted by molar-refractivity contribution is 5.98. The third-order valence-corrected chi connectivity index (χ3v) is 4.41. The third kappa shape index (κ3) is 3.36. The molecule has 0 saturated carbocycles. The molecule has 1 aliphatic rings. The van der Waals surface area contributed by atoms with Crippen molar-refractivity contribution >= 4 is 5.91 Å². The maximum Gasteiger partial charge on any atom is 0.256 e. The van der Waals surface area contributed by atoms with Crippen LogP contribution < -0.4 is 5.32 Å². The molecule has 0 aromatic carbocycles. The number of carbonyl (C=O) groups is 1. The number of hydrogen-bond donors (Lipinski definition) is 1. The Morgan fingerprint density at radius 1 is 1.29 bits per heavy atom. The van der Waals surface area contributed by atoms with Gasteiger partial charge in [0.25, 0.3) is 5.91 Å². The van der Waals surface area contributed by atoms with Gasteiger partial charge in [0.2, 0.25) is 5.88 Å². The Hall–Kier alpha value is -2.52. The van der Waals surface area contributed by atoms with E-state index in [1.165, 1.54) is 19.3 Å². The number of nitriles is 1. The fourth-order valence-corrected chi connectivity index (χ4v) is 3.16. The normalized spacial score (nSPS) is 15.2. The first-order valence-electron chi connectivity index (χ1n) is 8.38. The van der Waals surface area contributed by atoms with Crippen molar-refractivity contribution in [2.75, 3.05) is 26.2 Å². The van der Waals surface area contributed by atoms with Gasteiger partial charge >= 0.3 is 0 Å². The Morgan fingerprint density at radius 3 is 2.67 bits per heavy atom. The molecule has 1 amide bonds. The molecule has 1 saturated heterocycles. The largest absolute Gasteiger partial charge is 0.443 e. The Labute approximate surface area is 141 Å². The monoisotopic (exact) mass is 326 g/mol. The van der Waals surface area contributed by atoms with Gasteiger partial charge in [0.15, 0.2) is 0 Å². The summed E-state index contributed by atoms with van der Waals surface area (Å²) in [7, 11) is 0. The first-order chi connectivity index (χ1) is 11.7. The highest BCUT2D eigenvalue weighted by Crippen LogP contribution is 2.25. The summed E-state index contributed by atoms with van der Waals surface area (Å²) in [5, 5.41) is 12.4. The van der Waals surface area contributed by atoms with Crippen LogP contribution in [0.3, 0.4) is 0 Å². The van der Waals surface area contributed by atoms with Crippen LogP contribution in [0.4, 0.5) is 0 Å². The number of piperidine rings is 1. The second-order valence-corrected chi connectivity index (χ2v) is 6.07. The van der Waals surface area contributed by atoms with E-state index in [0.717, 1.165) is 19.6 Å². The molecule has 6 heteroatoms. The summed E-state index contributed by atoms with van der Waals surface area (Å²) in [4.78, 5) is 14.9. The minimum Gasteiger partial charge on any atom is -0.443 e. The van der Waals surface area contributed by atoms with E-state index in [4.69, 9.17) is 4.42 Å². The molecule has 0 radical (unpaired) electrons. The SMILES string of the molecule is Cc1oc(-n2cccc2)c(C#N)c1C(=O)NCCN1CCCCC1. The molecule has 0 aliphatic carbocycles. The average Bonchev–Trinajstić information content (AvgIpc) is 3.22. The lowest BCUT2D eigenvalue weighted by molar-refractivity contribution is 0.0945. The molecular formula is C18H22N4O2. The van der Waals surface area contributed by atoms with Crippen LogP contribution in [0.2, 0.25) is 0 Å². The van der Waals surface area contributed by atoms with Gasteiger partial charge in [-0.1, -0.05) is 6.42 Å². The first-order valence-corrected chi connectivity index (χ1v) is 8.38. The number of rotatable bonds is 5. The van der Waals surface area contributed by atoms with E-state index in [1.807, 2.05) is 12.1 Å². The van der Waals surface area contributed by atoms with Crippen LogP contribution >= 0.6 is 0 Å². The summed E-state index contributed by atoms with van der Waals surface area (Å²) < 4.78 is 7.37. The zero-order chi connectivity index (χ0) is 16.9. The second-order valence-electron chi connectivity index (χ2n) is 6.07. The number of hydrogen-bond acceptors (Lipinski definition) is 4. The molecule has 3 rings (SSSR count). The maximum absolute atomic E-state index is 12.5. The standard InChI is InChI=1S/C18H22N4O2/c1-14-16(15(13-19)18(24-14)22-10-5-6-11-22)17(23)20-7-12-21-8-3-2-4-9-21/h5-6,10-11H,2-4,7-9,12H2,1H3,(H,20,23). The molecule has 0 bridgehead atoms. The van der Waals surface area contributed by atoms with Gasteiger partial charge in [-0.05, 0) is 45.0 Å². The molecular weight excluding hydrogens is 304 g/mol. The number of nitrogens with one attached hydrogen (secondary N) is 1. The summed E-state index contributed by atoms with van der Waals surface area (Å²) >= 11 is 0. The first kappa shape index (κ1) is 16.3. The number of likely N-dealkylation sites (tertiary alicyclic amines) is 1. The molecule has 126 valence electrons. The van der Waals surface area contributed by atoms with E-state index in [9.17, 15) is 10.1 Å². The average molecular weight is 326 g/mol. The van der Waals surface area contributed by atoms with Crippen molar-refractivity contribution in [3.63, 3.8) is 0 Å². The number of amides is 1. The van der Waals surface area contributed by atoms with Crippen LogP contribution in [-0.2, 0) is 0 Å². The van der Waals surface area contributed by atoms with Crippen molar-refractivity contribution in [3.05, 3.63) is 41.4 Å². The molecule has 6 nitrogen and oxygen atoms in total. The third-order valence-electron chi connectivity index (χ3n) is 4.41. The Morgan fingerprint density at radius 2 is 2.00 bits per heavy atom. The molecule has 24 heavy (non-hydrogen) atoms. The maximum atomic E-state index is 12.5. The van der Waals surface area contributed by atoms with Crippen LogP contribution in [0, 0.1) is 18.3 Å². The van der Waals surface area contributed by atoms with E-state index in [2.05, 4.69) is 16.3 Å².